The van der Waals surface area contributed by atoms with Crippen LogP contribution in [0.25, 0.3) is 5.65 Å². The van der Waals surface area contributed by atoms with E-state index in [2.05, 4.69) is 44.8 Å². The Balaban J connectivity index is 1.52. The Labute approximate surface area is 167 Å². The van der Waals surface area contributed by atoms with E-state index in [0.717, 1.165) is 41.3 Å². The van der Waals surface area contributed by atoms with Crippen LogP contribution in [0, 0.1) is 5.92 Å². The summed E-state index contributed by atoms with van der Waals surface area (Å²) in [6, 6.07) is 9.79. The summed E-state index contributed by atoms with van der Waals surface area (Å²) in [4.78, 5) is 3.25. The van der Waals surface area contributed by atoms with Gasteiger partial charge in [-0.25, -0.2) is 0 Å². The average Bonchev–Trinajstić information content (AvgIpc) is 3.05. The molecule has 1 aliphatic rings. The quantitative estimate of drug-likeness (QED) is 0.530. The van der Waals surface area contributed by atoms with Gasteiger partial charge in [0.05, 0.1) is 10.0 Å². The molecule has 0 unspecified atom stereocenters. The first-order valence-electron chi connectivity index (χ1n) is 8.77. The van der Waals surface area contributed by atoms with Gasteiger partial charge in [0.15, 0.2) is 5.65 Å². The van der Waals surface area contributed by atoms with Crippen LogP contribution in [0.5, 0.6) is 0 Å². The van der Waals surface area contributed by atoms with Crippen molar-refractivity contribution in [1.29, 1.82) is 0 Å². The molecule has 0 amide bonds. The molecular weight excluding hydrogens is 387 g/mol. The highest BCUT2D eigenvalue weighted by Crippen LogP contribution is 2.35. The molecule has 0 bridgehead atoms. The van der Waals surface area contributed by atoms with Crippen LogP contribution >= 0.6 is 35.0 Å². The van der Waals surface area contributed by atoms with Crippen molar-refractivity contribution in [2.24, 2.45) is 5.92 Å². The summed E-state index contributed by atoms with van der Waals surface area (Å²) in [7, 11) is 0. The summed E-state index contributed by atoms with van der Waals surface area (Å²) >= 11 is 14.1. The van der Waals surface area contributed by atoms with Gasteiger partial charge in [-0.15, -0.1) is 22.0 Å². The van der Waals surface area contributed by atoms with Crippen LogP contribution in [-0.2, 0) is 5.75 Å². The van der Waals surface area contributed by atoms with Crippen molar-refractivity contribution in [3.63, 3.8) is 0 Å². The van der Waals surface area contributed by atoms with E-state index in [1.54, 1.807) is 11.8 Å². The van der Waals surface area contributed by atoms with Crippen LogP contribution in [-0.4, -0.2) is 27.7 Å². The normalized spacial score (nSPS) is 15.7. The van der Waals surface area contributed by atoms with E-state index < -0.39 is 0 Å². The smallest absolute Gasteiger partial charge is 0.231 e. The first-order valence-corrected chi connectivity index (χ1v) is 10.5. The second-order valence-corrected chi connectivity index (χ2v) is 8.57. The monoisotopic (exact) mass is 406 g/mol. The van der Waals surface area contributed by atoms with Gasteiger partial charge in [0.1, 0.15) is 0 Å². The lowest BCUT2D eigenvalue weighted by Crippen LogP contribution is -2.34. The fourth-order valence-corrected chi connectivity index (χ4v) is 4.84. The Hall–Kier alpha value is -1.43. The van der Waals surface area contributed by atoms with Crippen LogP contribution in [0.2, 0.25) is 10.0 Å². The van der Waals surface area contributed by atoms with Crippen molar-refractivity contribution in [3.8, 4) is 0 Å². The molecule has 26 heavy (non-hydrogen) atoms. The topological polar surface area (TPSA) is 33.4 Å². The molecule has 0 spiro atoms. The number of hydrogen-bond donors (Lipinski definition) is 0. The number of rotatable bonds is 4. The molecular formula is C19H20Cl2N4S. The third kappa shape index (κ3) is 3.66. The van der Waals surface area contributed by atoms with Gasteiger partial charge in [-0.3, -0.25) is 4.40 Å². The van der Waals surface area contributed by atoms with Gasteiger partial charge < -0.3 is 4.90 Å². The van der Waals surface area contributed by atoms with Gasteiger partial charge >= 0.3 is 0 Å². The molecule has 0 aliphatic carbocycles. The highest BCUT2D eigenvalue weighted by atomic mass is 35.5. The minimum Gasteiger partial charge on any atom is -0.341 e. The molecule has 1 aromatic carbocycles. The van der Waals surface area contributed by atoms with E-state index in [9.17, 15) is 0 Å². The lowest BCUT2D eigenvalue weighted by Gasteiger charge is -2.30. The molecule has 3 aromatic rings. The average molecular weight is 407 g/mol. The SMILES string of the molecule is CC1CCN(c2nnc3cc(CSc4c(Cl)cccc4Cl)ccn23)CC1. The predicted molar refractivity (Wildman–Crippen MR) is 110 cm³/mol. The summed E-state index contributed by atoms with van der Waals surface area (Å²) in [6.45, 7) is 4.41. The summed E-state index contributed by atoms with van der Waals surface area (Å²) in [5, 5.41) is 10.2. The van der Waals surface area contributed by atoms with Gasteiger partial charge in [0, 0.05) is 29.9 Å². The van der Waals surface area contributed by atoms with Crippen molar-refractivity contribution < 1.29 is 0 Å². The molecule has 1 saturated heterocycles. The van der Waals surface area contributed by atoms with E-state index in [4.69, 9.17) is 23.2 Å². The standard InChI is InChI=1S/C19H20Cl2N4S/c1-13-5-8-24(9-6-13)19-23-22-17-11-14(7-10-25(17)19)12-26-18-15(20)3-2-4-16(18)21/h2-4,7,10-11,13H,5-6,8-9,12H2,1H3. The minimum atomic E-state index is 0.688. The number of hydrogen-bond acceptors (Lipinski definition) is 4. The highest BCUT2D eigenvalue weighted by Gasteiger charge is 2.20. The summed E-state index contributed by atoms with van der Waals surface area (Å²) in [6.07, 6.45) is 4.48. The Morgan fingerprint density at radius 1 is 1.12 bits per heavy atom. The Kier molecular flexibility index (Phi) is 5.30. The molecule has 0 atom stereocenters. The summed E-state index contributed by atoms with van der Waals surface area (Å²) in [5.74, 6) is 2.52. The summed E-state index contributed by atoms with van der Waals surface area (Å²) < 4.78 is 2.08. The van der Waals surface area contributed by atoms with Crippen molar-refractivity contribution in [2.75, 3.05) is 18.0 Å². The highest BCUT2D eigenvalue weighted by molar-refractivity contribution is 7.98. The fraction of sp³-hybridized carbons (Fsp3) is 0.368. The molecule has 7 heteroatoms. The molecule has 4 nitrogen and oxygen atoms in total. The van der Waals surface area contributed by atoms with E-state index >= 15 is 0 Å². The van der Waals surface area contributed by atoms with Gasteiger partial charge in [-0.1, -0.05) is 36.2 Å². The molecule has 0 radical (unpaired) electrons. The van der Waals surface area contributed by atoms with E-state index in [1.807, 2.05) is 18.2 Å². The number of fused-ring (bicyclic) bond motifs is 1. The number of anilines is 1. The number of piperidine rings is 1. The van der Waals surface area contributed by atoms with E-state index in [0.29, 0.717) is 10.0 Å². The second-order valence-electron chi connectivity index (χ2n) is 6.77. The largest absolute Gasteiger partial charge is 0.341 e. The van der Waals surface area contributed by atoms with Crippen LogP contribution < -0.4 is 4.90 Å². The van der Waals surface area contributed by atoms with Gasteiger partial charge in [0.2, 0.25) is 5.95 Å². The van der Waals surface area contributed by atoms with Crippen molar-refractivity contribution in [3.05, 3.63) is 52.1 Å². The first-order chi connectivity index (χ1) is 12.6. The molecule has 4 rings (SSSR count). The van der Waals surface area contributed by atoms with E-state index in [1.165, 1.54) is 18.4 Å². The molecule has 2 aromatic heterocycles. The third-order valence-electron chi connectivity index (χ3n) is 4.82. The van der Waals surface area contributed by atoms with Gasteiger partial charge in [0.25, 0.3) is 0 Å². The van der Waals surface area contributed by atoms with E-state index in [-0.39, 0.29) is 0 Å². The van der Waals surface area contributed by atoms with Crippen molar-refractivity contribution >= 4 is 46.6 Å². The van der Waals surface area contributed by atoms with Crippen LogP contribution in [0.15, 0.2) is 41.4 Å². The Morgan fingerprint density at radius 2 is 1.85 bits per heavy atom. The zero-order valence-electron chi connectivity index (χ0n) is 14.5. The maximum absolute atomic E-state index is 6.25. The number of thioether (sulfide) groups is 1. The molecule has 0 N–H and O–H groups in total. The molecule has 136 valence electrons. The van der Waals surface area contributed by atoms with Crippen LogP contribution in [0.1, 0.15) is 25.3 Å². The second kappa shape index (κ2) is 7.67. The number of halogens is 2. The van der Waals surface area contributed by atoms with Gasteiger partial charge in [-0.2, -0.15) is 0 Å². The van der Waals surface area contributed by atoms with Crippen LogP contribution in [0.3, 0.4) is 0 Å². The zero-order valence-corrected chi connectivity index (χ0v) is 16.9. The third-order valence-corrected chi connectivity index (χ3v) is 6.89. The summed E-state index contributed by atoms with van der Waals surface area (Å²) in [5.41, 5.74) is 2.05. The zero-order chi connectivity index (χ0) is 18.1. The molecule has 1 aliphatic heterocycles. The molecule has 0 saturated carbocycles. The molecule has 1 fully saturated rings. The van der Waals surface area contributed by atoms with Crippen molar-refractivity contribution in [2.45, 2.75) is 30.4 Å². The number of benzene rings is 1. The number of aromatic nitrogens is 3. The first kappa shape index (κ1) is 18.0. The molecule has 3 heterocycles. The fourth-order valence-electron chi connectivity index (χ4n) is 3.21. The lowest BCUT2D eigenvalue weighted by molar-refractivity contribution is 0.434. The maximum atomic E-state index is 6.25. The maximum Gasteiger partial charge on any atom is 0.231 e. The lowest BCUT2D eigenvalue weighted by atomic mass is 10.00. The minimum absolute atomic E-state index is 0.688. The van der Waals surface area contributed by atoms with Crippen molar-refractivity contribution in [1.82, 2.24) is 14.6 Å². The Morgan fingerprint density at radius 3 is 2.58 bits per heavy atom. The number of pyridine rings is 1. The van der Waals surface area contributed by atoms with Crippen LogP contribution in [0.4, 0.5) is 5.95 Å². The Bertz CT molecular complexity index is 899. The predicted octanol–water partition coefficient (Wildman–Crippen LogP) is 5.56. The number of nitrogens with zero attached hydrogens (tertiary/aromatic N) is 4. The van der Waals surface area contributed by atoms with Gasteiger partial charge in [-0.05, 0) is 48.6 Å².